The van der Waals surface area contributed by atoms with Crippen LogP contribution in [0.5, 0.6) is 0 Å². The molecule has 0 atom stereocenters. The van der Waals surface area contributed by atoms with Crippen LogP contribution in [0.25, 0.3) is 0 Å². The van der Waals surface area contributed by atoms with E-state index in [-0.39, 0.29) is 11.7 Å². The van der Waals surface area contributed by atoms with Crippen molar-refractivity contribution in [2.24, 2.45) is 0 Å². The predicted octanol–water partition coefficient (Wildman–Crippen LogP) is 3.09. The molecule has 0 fully saturated rings. The zero-order valence-corrected chi connectivity index (χ0v) is 11.6. The van der Waals surface area contributed by atoms with Crippen LogP contribution in [0.3, 0.4) is 0 Å². The maximum Gasteiger partial charge on any atom is 0.292 e. The fraction of sp³-hybridized carbons (Fsp3) is 0.125. The van der Waals surface area contributed by atoms with Crippen LogP contribution in [0.4, 0.5) is 5.82 Å². The molecule has 0 spiro atoms. The third kappa shape index (κ3) is 3.20. The Morgan fingerprint density at radius 2 is 2.19 bits per heavy atom. The van der Waals surface area contributed by atoms with E-state index in [4.69, 9.17) is 4.42 Å². The fourth-order valence-corrected chi connectivity index (χ4v) is 2.10. The molecule has 2 heterocycles. The van der Waals surface area contributed by atoms with Gasteiger partial charge in [0.1, 0.15) is 0 Å². The van der Waals surface area contributed by atoms with Crippen molar-refractivity contribution in [1.29, 1.82) is 0 Å². The van der Waals surface area contributed by atoms with E-state index in [1.54, 1.807) is 22.9 Å². The first-order valence-corrected chi connectivity index (χ1v) is 6.64. The van der Waals surface area contributed by atoms with Crippen molar-refractivity contribution in [2.75, 3.05) is 5.32 Å². The second-order valence-corrected chi connectivity index (χ2v) is 4.82. The van der Waals surface area contributed by atoms with Crippen molar-refractivity contribution in [1.82, 2.24) is 9.78 Å². The molecular weight excluding hydrogens is 266 g/mol. The number of hydrogen-bond donors (Lipinski definition) is 1. The molecule has 1 N–H and O–H groups in total. The highest BCUT2D eigenvalue weighted by atomic mass is 16.3. The lowest BCUT2D eigenvalue weighted by atomic mass is 10.1. The normalized spacial score (nSPS) is 10.5. The van der Waals surface area contributed by atoms with Gasteiger partial charge in [0, 0.05) is 12.3 Å². The number of aromatic nitrogens is 2. The summed E-state index contributed by atoms with van der Waals surface area (Å²) in [5, 5.41) is 7.03. The molecule has 2 aromatic heterocycles. The van der Waals surface area contributed by atoms with E-state index in [0.717, 1.165) is 0 Å². The van der Waals surface area contributed by atoms with E-state index in [9.17, 15) is 4.79 Å². The maximum atomic E-state index is 11.8. The molecule has 0 saturated carbocycles. The molecule has 0 unspecified atom stereocenters. The van der Waals surface area contributed by atoms with Crippen LogP contribution >= 0.6 is 0 Å². The molecule has 106 valence electrons. The Balaban J connectivity index is 1.68. The van der Waals surface area contributed by atoms with E-state index in [0.29, 0.717) is 12.4 Å². The third-order valence-corrected chi connectivity index (χ3v) is 3.05. The third-order valence-electron chi connectivity index (χ3n) is 3.05. The Hall–Kier alpha value is -2.82. The second kappa shape index (κ2) is 5.66. The summed E-state index contributed by atoms with van der Waals surface area (Å²) in [6.07, 6.45) is 3.30. The van der Waals surface area contributed by atoms with Gasteiger partial charge in [0.05, 0.1) is 12.8 Å². The lowest BCUT2D eigenvalue weighted by Gasteiger charge is -2.03. The van der Waals surface area contributed by atoms with Gasteiger partial charge in [-0.15, -0.1) is 0 Å². The van der Waals surface area contributed by atoms with Gasteiger partial charge in [0.15, 0.2) is 11.6 Å². The number of aryl methyl sites for hydroxylation is 1. The first-order valence-electron chi connectivity index (χ1n) is 6.64. The molecule has 0 bridgehead atoms. The number of nitrogens with one attached hydrogen (secondary N) is 1. The molecule has 3 aromatic rings. The molecule has 0 aliphatic rings. The molecule has 0 aliphatic heterocycles. The zero-order valence-electron chi connectivity index (χ0n) is 11.6. The summed E-state index contributed by atoms with van der Waals surface area (Å²) in [6.45, 7) is 2.72. The van der Waals surface area contributed by atoms with Gasteiger partial charge in [-0.25, -0.2) is 0 Å². The van der Waals surface area contributed by atoms with Crippen molar-refractivity contribution in [3.63, 3.8) is 0 Å². The van der Waals surface area contributed by atoms with Crippen molar-refractivity contribution in [2.45, 2.75) is 13.5 Å². The fourth-order valence-electron chi connectivity index (χ4n) is 2.10. The van der Waals surface area contributed by atoms with Crippen molar-refractivity contribution >= 4 is 11.7 Å². The molecule has 21 heavy (non-hydrogen) atoms. The number of amides is 1. The Bertz CT molecular complexity index is 744. The van der Waals surface area contributed by atoms with Gasteiger partial charge in [0.2, 0.25) is 0 Å². The highest BCUT2D eigenvalue weighted by Crippen LogP contribution is 2.10. The number of furan rings is 1. The van der Waals surface area contributed by atoms with Crippen LogP contribution in [-0.2, 0) is 6.54 Å². The molecule has 0 saturated heterocycles. The van der Waals surface area contributed by atoms with Crippen LogP contribution in [0.15, 0.2) is 59.3 Å². The molecule has 1 aromatic carbocycles. The Morgan fingerprint density at radius 3 is 2.95 bits per heavy atom. The molecule has 1 amide bonds. The monoisotopic (exact) mass is 281 g/mol. The smallest absolute Gasteiger partial charge is 0.292 e. The van der Waals surface area contributed by atoms with Crippen LogP contribution < -0.4 is 5.32 Å². The van der Waals surface area contributed by atoms with Crippen LogP contribution in [0.2, 0.25) is 0 Å². The van der Waals surface area contributed by atoms with E-state index < -0.39 is 0 Å². The number of rotatable bonds is 4. The summed E-state index contributed by atoms with van der Waals surface area (Å²) in [5.41, 5.74) is 2.38. The molecule has 5 heteroatoms. The topological polar surface area (TPSA) is 60.1 Å². The second-order valence-electron chi connectivity index (χ2n) is 4.82. The number of carbonyl (C=O) groups is 1. The van der Waals surface area contributed by atoms with Crippen LogP contribution in [0.1, 0.15) is 21.7 Å². The average molecular weight is 281 g/mol. The van der Waals surface area contributed by atoms with E-state index >= 15 is 0 Å². The van der Waals surface area contributed by atoms with E-state index in [1.807, 2.05) is 12.3 Å². The van der Waals surface area contributed by atoms with E-state index in [2.05, 4.69) is 35.5 Å². The highest BCUT2D eigenvalue weighted by Gasteiger charge is 2.10. The van der Waals surface area contributed by atoms with Crippen molar-refractivity contribution < 1.29 is 9.21 Å². The Morgan fingerprint density at radius 1 is 1.29 bits per heavy atom. The van der Waals surface area contributed by atoms with Gasteiger partial charge < -0.3 is 9.73 Å². The average Bonchev–Trinajstić information content (AvgIpc) is 3.10. The standard InChI is InChI=1S/C16H15N3O2/c1-12-4-2-5-13(10-12)11-19-8-7-15(18-19)17-16(20)14-6-3-9-21-14/h2-10H,11H2,1H3,(H,17,18,20). The summed E-state index contributed by atoms with van der Waals surface area (Å²) in [4.78, 5) is 11.8. The lowest BCUT2D eigenvalue weighted by molar-refractivity contribution is 0.0996. The quantitative estimate of drug-likeness (QED) is 0.799. The van der Waals surface area contributed by atoms with Crippen LogP contribution in [-0.4, -0.2) is 15.7 Å². The number of hydrogen-bond acceptors (Lipinski definition) is 3. The SMILES string of the molecule is Cc1cccc(Cn2ccc(NC(=O)c3ccco3)n2)c1. The summed E-state index contributed by atoms with van der Waals surface area (Å²) in [5.74, 6) is 0.466. The van der Waals surface area contributed by atoms with Gasteiger partial charge in [-0.1, -0.05) is 29.8 Å². The minimum absolute atomic E-state index is 0.267. The summed E-state index contributed by atoms with van der Waals surface area (Å²) in [6, 6.07) is 13.3. The number of carbonyl (C=O) groups excluding carboxylic acids is 1. The molecule has 0 aliphatic carbocycles. The first-order chi connectivity index (χ1) is 10.2. The number of anilines is 1. The minimum atomic E-state index is -0.305. The van der Waals surface area contributed by atoms with Gasteiger partial charge in [0.25, 0.3) is 5.91 Å². The number of benzene rings is 1. The molecule has 0 radical (unpaired) electrons. The highest BCUT2D eigenvalue weighted by molar-refractivity contribution is 6.01. The van der Waals surface area contributed by atoms with E-state index in [1.165, 1.54) is 17.4 Å². The summed E-state index contributed by atoms with van der Waals surface area (Å²) >= 11 is 0. The van der Waals surface area contributed by atoms with Crippen LogP contribution in [0, 0.1) is 6.92 Å². The van der Waals surface area contributed by atoms with Gasteiger partial charge in [-0.3, -0.25) is 9.48 Å². The first kappa shape index (κ1) is 13.2. The van der Waals surface area contributed by atoms with Gasteiger partial charge >= 0.3 is 0 Å². The molecular formula is C16H15N3O2. The molecule has 5 nitrogen and oxygen atoms in total. The number of nitrogens with zero attached hydrogens (tertiary/aromatic N) is 2. The van der Waals surface area contributed by atoms with Gasteiger partial charge in [-0.2, -0.15) is 5.10 Å². The summed E-state index contributed by atoms with van der Waals surface area (Å²) < 4.78 is 6.82. The zero-order chi connectivity index (χ0) is 14.7. The van der Waals surface area contributed by atoms with Crippen molar-refractivity contribution in [3.05, 3.63) is 71.8 Å². The van der Waals surface area contributed by atoms with Crippen molar-refractivity contribution in [3.8, 4) is 0 Å². The minimum Gasteiger partial charge on any atom is -0.459 e. The maximum absolute atomic E-state index is 11.8. The predicted molar refractivity (Wildman–Crippen MR) is 79.2 cm³/mol. The molecule has 3 rings (SSSR count). The lowest BCUT2D eigenvalue weighted by Crippen LogP contribution is -2.12. The summed E-state index contributed by atoms with van der Waals surface area (Å²) in [7, 11) is 0. The van der Waals surface area contributed by atoms with Gasteiger partial charge in [-0.05, 0) is 24.6 Å². The Labute approximate surface area is 122 Å². The Kier molecular flexibility index (Phi) is 3.55. The largest absolute Gasteiger partial charge is 0.459 e.